The van der Waals surface area contributed by atoms with E-state index in [1.807, 2.05) is 20.9 Å². The summed E-state index contributed by atoms with van der Waals surface area (Å²) in [6.07, 6.45) is 0.707. The zero-order valence-corrected chi connectivity index (χ0v) is 14.5. The van der Waals surface area contributed by atoms with E-state index in [0.717, 1.165) is 22.0 Å². The van der Waals surface area contributed by atoms with Crippen molar-refractivity contribution in [1.82, 2.24) is 20.4 Å². The van der Waals surface area contributed by atoms with Gasteiger partial charge in [-0.3, -0.25) is 0 Å². The fourth-order valence-electron chi connectivity index (χ4n) is 1.70. The Labute approximate surface area is 134 Å². The first-order valence-electron chi connectivity index (χ1n) is 6.55. The summed E-state index contributed by atoms with van der Waals surface area (Å²) in [4.78, 5) is 9.85. The van der Waals surface area contributed by atoms with Crippen LogP contribution >= 0.6 is 23.7 Å². The molecule has 2 unspecified atom stereocenters. The molecule has 118 valence electrons. The average molecular weight is 333 g/mol. The summed E-state index contributed by atoms with van der Waals surface area (Å²) in [7, 11) is 3.59. The summed E-state index contributed by atoms with van der Waals surface area (Å²) in [5.74, 6) is 1.24. The van der Waals surface area contributed by atoms with Gasteiger partial charge in [-0.1, -0.05) is 5.16 Å². The van der Waals surface area contributed by atoms with Crippen molar-refractivity contribution in [3.63, 3.8) is 0 Å². The van der Waals surface area contributed by atoms with Crippen LogP contribution in [0.5, 0.6) is 0 Å². The molecule has 0 radical (unpaired) electrons. The van der Waals surface area contributed by atoms with Crippen LogP contribution < -0.4 is 5.32 Å². The highest BCUT2D eigenvalue weighted by Gasteiger charge is 2.19. The van der Waals surface area contributed by atoms with E-state index in [2.05, 4.69) is 27.4 Å². The lowest BCUT2D eigenvalue weighted by atomic mass is 10.2. The van der Waals surface area contributed by atoms with Crippen molar-refractivity contribution in [3.8, 4) is 10.8 Å². The number of aryl methyl sites for hydroxylation is 1. The third-order valence-corrected chi connectivity index (χ3v) is 4.46. The van der Waals surface area contributed by atoms with Crippen LogP contribution in [-0.2, 0) is 11.2 Å². The molecule has 0 saturated heterocycles. The van der Waals surface area contributed by atoms with Gasteiger partial charge in [0.05, 0.1) is 5.69 Å². The van der Waals surface area contributed by atoms with Gasteiger partial charge in [-0.05, 0) is 27.8 Å². The lowest BCUT2D eigenvalue weighted by Gasteiger charge is -2.04. The molecular weight excluding hydrogens is 312 g/mol. The van der Waals surface area contributed by atoms with Gasteiger partial charge in [-0.25, -0.2) is 4.98 Å². The molecule has 0 spiro atoms. The van der Waals surface area contributed by atoms with Crippen molar-refractivity contribution in [2.24, 2.45) is 0 Å². The summed E-state index contributed by atoms with van der Waals surface area (Å²) in [6.45, 7) is 5.99. The molecular formula is C13H21ClN4O2S. The van der Waals surface area contributed by atoms with Crippen LogP contribution in [0.15, 0.2) is 4.52 Å². The molecule has 8 heteroatoms. The second-order valence-electron chi connectivity index (χ2n) is 4.75. The quantitative estimate of drug-likeness (QED) is 0.876. The largest absolute Gasteiger partial charge is 0.375 e. The van der Waals surface area contributed by atoms with E-state index in [9.17, 15) is 0 Å². The predicted molar refractivity (Wildman–Crippen MR) is 85.0 cm³/mol. The lowest BCUT2D eigenvalue weighted by molar-refractivity contribution is 0.119. The van der Waals surface area contributed by atoms with E-state index in [4.69, 9.17) is 9.26 Å². The van der Waals surface area contributed by atoms with Gasteiger partial charge in [0, 0.05) is 19.6 Å². The number of rotatable bonds is 6. The van der Waals surface area contributed by atoms with Gasteiger partial charge in [0.15, 0.2) is 5.82 Å². The number of ether oxygens (including phenoxy) is 1. The molecule has 1 N–H and O–H groups in total. The first-order chi connectivity index (χ1) is 9.55. The van der Waals surface area contributed by atoms with E-state index in [0.29, 0.717) is 17.8 Å². The van der Waals surface area contributed by atoms with Crippen LogP contribution in [0.3, 0.4) is 0 Å². The van der Waals surface area contributed by atoms with Gasteiger partial charge < -0.3 is 14.6 Å². The maximum Gasteiger partial charge on any atom is 0.269 e. The molecule has 0 bridgehead atoms. The number of nitrogens with one attached hydrogen (secondary N) is 1. The molecule has 2 aromatic rings. The van der Waals surface area contributed by atoms with Gasteiger partial charge in [0.1, 0.15) is 16.0 Å². The zero-order chi connectivity index (χ0) is 14.7. The molecule has 0 fully saturated rings. The van der Waals surface area contributed by atoms with Crippen molar-refractivity contribution in [1.29, 1.82) is 0 Å². The second kappa shape index (κ2) is 7.84. The van der Waals surface area contributed by atoms with Crippen LogP contribution in [0.2, 0.25) is 0 Å². The molecule has 0 amide bonds. The lowest BCUT2D eigenvalue weighted by Crippen LogP contribution is -2.24. The summed E-state index contributed by atoms with van der Waals surface area (Å²) >= 11 is 1.54. The monoisotopic (exact) mass is 332 g/mol. The minimum atomic E-state index is -0.0286. The Balaban J connectivity index is 0.00000220. The van der Waals surface area contributed by atoms with Crippen LogP contribution in [-0.4, -0.2) is 35.3 Å². The van der Waals surface area contributed by atoms with Crippen molar-refractivity contribution >= 4 is 23.7 Å². The van der Waals surface area contributed by atoms with Gasteiger partial charge in [0.25, 0.3) is 5.89 Å². The first kappa shape index (κ1) is 18.0. The minimum absolute atomic E-state index is 0. The van der Waals surface area contributed by atoms with Gasteiger partial charge >= 0.3 is 0 Å². The molecule has 2 aromatic heterocycles. The molecule has 0 saturated carbocycles. The topological polar surface area (TPSA) is 73.1 Å². The summed E-state index contributed by atoms with van der Waals surface area (Å²) < 4.78 is 10.6. The maximum absolute atomic E-state index is 5.34. The molecule has 0 aliphatic carbocycles. The fourth-order valence-corrected chi connectivity index (χ4v) is 2.71. The fraction of sp³-hybridized carbons (Fsp3) is 0.615. The number of likely N-dealkylation sites (N-methyl/N-ethyl adjacent to an activating group) is 1. The smallest absolute Gasteiger partial charge is 0.269 e. The predicted octanol–water partition coefficient (Wildman–Crippen LogP) is 2.78. The number of aromatic nitrogens is 3. The number of nitrogens with zero attached hydrogens (tertiary/aromatic N) is 3. The highest BCUT2D eigenvalue weighted by atomic mass is 35.5. The molecule has 6 nitrogen and oxygen atoms in total. The Morgan fingerprint density at radius 1 is 1.33 bits per heavy atom. The molecule has 2 rings (SSSR count). The summed E-state index contributed by atoms with van der Waals surface area (Å²) in [5.41, 5.74) is 0.894. The van der Waals surface area contributed by atoms with Crippen molar-refractivity contribution in [2.75, 3.05) is 14.2 Å². The van der Waals surface area contributed by atoms with Gasteiger partial charge in [0.2, 0.25) is 0 Å². The number of hydrogen-bond acceptors (Lipinski definition) is 7. The highest BCUT2D eigenvalue weighted by Crippen LogP contribution is 2.32. The second-order valence-corrected chi connectivity index (χ2v) is 5.78. The third-order valence-electron chi connectivity index (χ3n) is 3.16. The van der Waals surface area contributed by atoms with Crippen molar-refractivity contribution < 1.29 is 9.26 Å². The number of hydrogen-bond donors (Lipinski definition) is 1. The SMILES string of the molecule is CNC(C)Cc1noc(-c2sc(C(C)OC)nc2C)n1.Cl. The molecule has 2 atom stereocenters. The molecule has 0 aromatic carbocycles. The number of halogens is 1. The Hall–Kier alpha value is -1.02. The number of thiazole rings is 1. The Bertz CT molecular complexity index is 572. The van der Waals surface area contributed by atoms with E-state index >= 15 is 0 Å². The van der Waals surface area contributed by atoms with Crippen LogP contribution in [0.4, 0.5) is 0 Å². The average Bonchev–Trinajstić information content (AvgIpc) is 3.04. The summed E-state index contributed by atoms with van der Waals surface area (Å²) in [6, 6.07) is 0.312. The van der Waals surface area contributed by atoms with E-state index < -0.39 is 0 Å². The van der Waals surface area contributed by atoms with E-state index in [1.54, 1.807) is 7.11 Å². The maximum atomic E-state index is 5.34. The zero-order valence-electron chi connectivity index (χ0n) is 12.8. The van der Waals surface area contributed by atoms with Crippen molar-refractivity contribution in [3.05, 3.63) is 16.5 Å². The van der Waals surface area contributed by atoms with Crippen molar-refractivity contribution in [2.45, 2.75) is 39.3 Å². The third kappa shape index (κ3) is 4.23. The first-order valence-corrected chi connectivity index (χ1v) is 7.37. The summed E-state index contributed by atoms with van der Waals surface area (Å²) in [5, 5.41) is 8.09. The Morgan fingerprint density at radius 3 is 2.67 bits per heavy atom. The van der Waals surface area contributed by atoms with Gasteiger partial charge in [-0.2, -0.15) is 4.98 Å². The Kier molecular flexibility index (Phi) is 6.73. The molecule has 21 heavy (non-hydrogen) atoms. The van der Waals surface area contributed by atoms with Gasteiger partial charge in [-0.15, -0.1) is 23.7 Å². The highest BCUT2D eigenvalue weighted by molar-refractivity contribution is 7.15. The van der Waals surface area contributed by atoms with E-state index in [-0.39, 0.29) is 18.5 Å². The standard InChI is InChI=1S/C13H20N4O2S.ClH/c1-7(14-4)6-10-16-12(19-17-10)11-8(2)15-13(20-11)9(3)18-5;/h7,9,14H,6H2,1-5H3;1H. The minimum Gasteiger partial charge on any atom is -0.375 e. The van der Waals surface area contributed by atoms with E-state index in [1.165, 1.54) is 11.3 Å². The van der Waals surface area contributed by atoms with Crippen LogP contribution in [0.25, 0.3) is 10.8 Å². The number of methoxy groups -OCH3 is 1. The molecule has 0 aliphatic rings. The van der Waals surface area contributed by atoms with Crippen LogP contribution in [0, 0.1) is 6.92 Å². The molecule has 0 aliphatic heterocycles. The van der Waals surface area contributed by atoms with Crippen LogP contribution in [0.1, 0.15) is 36.5 Å². The normalized spacial score (nSPS) is 13.8. The molecule has 2 heterocycles. The Morgan fingerprint density at radius 2 is 2.05 bits per heavy atom.